The van der Waals surface area contributed by atoms with Gasteiger partial charge in [-0.25, -0.2) is 0 Å². The van der Waals surface area contributed by atoms with Crippen molar-refractivity contribution in [3.63, 3.8) is 0 Å². The van der Waals surface area contributed by atoms with Crippen LogP contribution >= 0.6 is 0 Å². The van der Waals surface area contributed by atoms with Crippen LogP contribution < -0.4 is 4.74 Å². The largest absolute Gasteiger partial charge is 0.461 e. The van der Waals surface area contributed by atoms with Crippen LogP contribution in [0.15, 0.2) is 24.3 Å². The van der Waals surface area contributed by atoms with Gasteiger partial charge in [0.1, 0.15) is 5.75 Å². The van der Waals surface area contributed by atoms with E-state index in [1.807, 2.05) is 0 Å². The predicted molar refractivity (Wildman–Crippen MR) is 68.4 cm³/mol. The highest BCUT2D eigenvalue weighted by Crippen LogP contribution is 2.36. The van der Waals surface area contributed by atoms with Crippen molar-refractivity contribution in [2.24, 2.45) is 5.92 Å². The third-order valence-electron chi connectivity index (χ3n) is 3.88. The zero-order valence-electron chi connectivity index (χ0n) is 11.3. The number of rotatable bonds is 4. The number of hydrogen-bond acceptors (Lipinski definition) is 1. The molecule has 1 aromatic rings. The first-order chi connectivity index (χ1) is 9.38. The quantitative estimate of drug-likeness (QED) is 0.691. The van der Waals surface area contributed by atoms with Gasteiger partial charge in [0.2, 0.25) is 0 Å². The Kier molecular flexibility index (Phi) is 4.55. The molecular formula is C15H18F4O. The summed E-state index contributed by atoms with van der Waals surface area (Å²) in [6.45, 7) is 2.22. The van der Waals surface area contributed by atoms with Gasteiger partial charge in [-0.15, -0.1) is 0 Å². The average Bonchev–Trinajstić information content (AvgIpc) is 2.40. The Hall–Kier alpha value is -1.26. The molecule has 1 fully saturated rings. The van der Waals surface area contributed by atoms with Crippen molar-refractivity contribution >= 4 is 0 Å². The van der Waals surface area contributed by atoms with E-state index in [4.69, 9.17) is 0 Å². The lowest BCUT2D eigenvalue weighted by molar-refractivity contribution is -0.253. The van der Waals surface area contributed by atoms with Gasteiger partial charge in [-0.3, -0.25) is 0 Å². The summed E-state index contributed by atoms with van der Waals surface area (Å²) >= 11 is 0. The summed E-state index contributed by atoms with van der Waals surface area (Å²) in [4.78, 5) is 0. The smallest absolute Gasteiger partial charge is 0.428 e. The molecule has 0 unspecified atom stereocenters. The Morgan fingerprint density at radius 2 is 1.60 bits per heavy atom. The molecule has 0 spiro atoms. The van der Waals surface area contributed by atoms with Crippen molar-refractivity contribution in [2.45, 2.75) is 51.1 Å². The molecule has 1 aliphatic carbocycles. The molecule has 20 heavy (non-hydrogen) atoms. The first kappa shape index (κ1) is 15.1. The van der Waals surface area contributed by atoms with Crippen LogP contribution in [0, 0.1) is 5.92 Å². The standard InChI is InChI=1S/C15H18F4O/c1-10-2-4-11(5-3-10)12-6-8-13(9-7-12)20-15(18,19)14(16)17/h6-11,14H,2-5H2,1H3. The molecule has 5 heteroatoms. The minimum Gasteiger partial charge on any atom is -0.428 e. The van der Waals surface area contributed by atoms with Crippen molar-refractivity contribution in [1.29, 1.82) is 0 Å². The summed E-state index contributed by atoms with van der Waals surface area (Å²) in [5.74, 6) is 0.928. The number of alkyl halides is 4. The molecule has 0 atom stereocenters. The Bertz CT molecular complexity index is 422. The molecule has 0 amide bonds. The molecule has 1 nitrogen and oxygen atoms in total. The first-order valence-corrected chi connectivity index (χ1v) is 6.83. The summed E-state index contributed by atoms with van der Waals surface area (Å²) in [5.41, 5.74) is 1.06. The second-order valence-corrected chi connectivity index (χ2v) is 5.49. The molecule has 1 aromatic carbocycles. The Morgan fingerprint density at radius 1 is 1.05 bits per heavy atom. The lowest BCUT2D eigenvalue weighted by atomic mass is 9.79. The summed E-state index contributed by atoms with van der Waals surface area (Å²) in [5, 5.41) is 0. The van der Waals surface area contributed by atoms with E-state index in [1.54, 1.807) is 12.1 Å². The van der Waals surface area contributed by atoms with Crippen molar-refractivity contribution in [3.8, 4) is 5.75 Å². The van der Waals surface area contributed by atoms with Gasteiger partial charge in [0.25, 0.3) is 0 Å². The highest BCUT2D eigenvalue weighted by Gasteiger charge is 2.43. The van der Waals surface area contributed by atoms with Crippen LogP contribution in [0.2, 0.25) is 0 Å². The molecular weight excluding hydrogens is 272 g/mol. The van der Waals surface area contributed by atoms with E-state index in [1.165, 1.54) is 12.1 Å². The highest BCUT2D eigenvalue weighted by molar-refractivity contribution is 5.30. The highest BCUT2D eigenvalue weighted by atomic mass is 19.3. The Morgan fingerprint density at radius 3 is 2.10 bits per heavy atom. The third-order valence-corrected chi connectivity index (χ3v) is 3.88. The number of halogens is 4. The maximum absolute atomic E-state index is 12.8. The fraction of sp³-hybridized carbons (Fsp3) is 0.600. The molecule has 0 N–H and O–H groups in total. The number of hydrogen-bond donors (Lipinski definition) is 0. The van der Waals surface area contributed by atoms with Gasteiger partial charge in [-0.2, -0.15) is 17.6 Å². The zero-order valence-corrected chi connectivity index (χ0v) is 11.3. The normalized spacial score (nSPS) is 23.9. The molecule has 0 aromatic heterocycles. The van der Waals surface area contributed by atoms with Gasteiger partial charge in [0, 0.05) is 0 Å². The molecule has 1 saturated carbocycles. The molecule has 0 bridgehead atoms. The van der Waals surface area contributed by atoms with Crippen LogP contribution in [-0.4, -0.2) is 12.5 Å². The fourth-order valence-corrected chi connectivity index (χ4v) is 2.60. The summed E-state index contributed by atoms with van der Waals surface area (Å²) in [6, 6.07) is 6.06. The summed E-state index contributed by atoms with van der Waals surface area (Å²) in [6.07, 6.45) is -3.80. The maximum Gasteiger partial charge on any atom is 0.461 e. The van der Waals surface area contributed by atoms with E-state index >= 15 is 0 Å². The van der Waals surface area contributed by atoms with E-state index in [2.05, 4.69) is 11.7 Å². The number of ether oxygens (including phenoxy) is 1. The van der Waals surface area contributed by atoms with Crippen LogP contribution in [0.1, 0.15) is 44.1 Å². The van der Waals surface area contributed by atoms with E-state index < -0.39 is 12.5 Å². The van der Waals surface area contributed by atoms with Gasteiger partial charge in [0.15, 0.2) is 0 Å². The zero-order chi connectivity index (χ0) is 14.8. The van der Waals surface area contributed by atoms with E-state index in [0.29, 0.717) is 5.92 Å². The summed E-state index contributed by atoms with van der Waals surface area (Å²) in [7, 11) is 0. The van der Waals surface area contributed by atoms with Crippen LogP contribution in [-0.2, 0) is 0 Å². The van der Waals surface area contributed by atoms with Gasteiger partial charge < -0.3 is 4.74 Å². The lowest BCUT2D eigenvalue weighted by Crippen LogP contribution is -2.33. The van der Waals surface area contributed by atoms with Crippen LogP contribution in [0.4, 0.5) is 17.6 Å². The van der Waals surface area contributed by atoms with Crippen molar-refractivity contribution in [2.75, 3.05) is 0 Å². The van der Waals surface area contributed by atoms with Gasteiger partial charge in [0.05, 0.1) is 0 Å². The number of benzene rings is 1. The second-order valence-electron chi connectivity index (χ2n) is 5.49. The molecule has 1 aliphatic rings. The van der Waals surface area contributed by atoms with E-state index in [9.17, 15) is 17.6 Å². The topological polar surface area (TPSA) is 9.23 Å². The Balaban J connectivity index is 2.00. The SMILES string of the molecule is CC1CCC(c2ccc(OC(F)(F)C(F)F)cc2)CC1. The lowest BCUT2D eigenvalue weighted by Gasteiger charge is -2.26. The van der Waals surface area contributed by atoms with Gasteiger partial charge in [-0.1, -0.05) is 31.9 Å². The molecule has 2 rings (SSSR count). The molecule has 0 heterocycles. The minimum absolute atomic E-state index is 0.233. The van der Waals surface area contributed by atoms with Crippen molar-refractivity contribution < 1.29 is 22.3 Å². The molecule has 0 radical (unpaired) electrons. The van der Waals surface area contributed by atoms with Crippen molar-refractivity contribution in [1.82, 2.24) is 0 Å². The van der Waals surface area contributed by atoms with E-state index in [0.717, 1.165) is 37.2 Å². The predicted octanol–water partition coefficient (Wildman–Crippen LogP) is 5.22. The van der Waals surface area contributed by atoms with Crippen LogP contribution in [0.5, 0.6) is 5.75 Å². The molecule has 0 aliphatic heterocycles. The van der Waals surface area contributed by atoms with Crippen LogP contribution in [0.25, 0.3) is 0 Å². The monoisotopic (exact) mass is 290 g/mol. The average molecular weight is 290 g/mol. The van der Waals surface area contributed by atoms with Crippen LogP contribution in [0.3, 0.4) is 0 Å². The maximum atomic E-state index is 12.8. The van der Waals surface area contributed by atoms with E-state index in [-0.39, 0.29) is 5.75 Å². The fourth-order valence-electron chi connectivity index (χ4n) is 2.60. The summed E-state index contributed by atoms with van der Waals surface area (Å²) < 4.78 is 53.6. The molecule has 0 saturated heterocycles. The Labute approximate surface area is 115 Å². The molecule has 112 valence electrons. The minimum atomic E-state index is -4.44. The van der Waals surface area contributed by atoms with Gasteiger partial charge in [-0.05, 0) is 42.4 Å². The van der Waals surface area contributed by atoms with Gasteiger partial charge >= 0.3 is 12.5 Å². The van der Waals surface area contributed by atoms with Crippen molar-refractivity contribution in [3.05, 3.63) is 29.8 Å². The second kappa shape index (κ2) is 6.02. The third kappa shape index (κ3) is 3.64. The first-order valence-electron chi connectivity index (χ1n) is 6.83.